The van der Waals surface area contributed by atoms with Crippen LogP contribution < -0.4 is 10.1 Å². The number of hydrogen-bond acceptors (Lipinski definition) is 2. The SMILES string of the molecule is CCCOc1ccc(CNC2CCCC(C)C2)cc1. The molecule has 0 aromatic heterocycles. The van der Waals surface area contributed by atoms with Crippen molar-refractivity contribution in [2.45, 2.75) is 58.5 Å². The molecule has 106 valence electrons. The van der Waals surface area contributed by atoms with Crippen LogP contribution in [0.5, 0.6) is 5.75 Å². The molecule has 0 saturated heterocycles. The summed E-state index contributed by atoms with van der Waals surface area (Å²) in [6.45, 7) is 6.28. The number of benzene rings is 1. The van der Waals surface area contributed by atoms with Crippen molar-refractivity contribution in [1.82, 2.24) is 5.32 Å². The molecule has 1 fully saturated rings. The van der Waals surface area contributed by atoms with E-state index in [1.54, 1.807) is 0 Å². The van der Waals surface area contributed by atoms with Gasteiger partial charge in [-0.3, -0.25) is 0 Å². The van der Waals surface area contributed by atoms with E-state index in [9.17, 15) is 0 Å². The molecule has 1 aromatic carbocycles. The predicted octanol–water partition coefficient (Wildman–Crippen LogP) is 4.14. The van der Waals surface area contributed by atoms with E-state index in [0.29, 0.717) is 6.04 Å². The molecular formula is C17H27NO. The van der Waals surface area contributed by atoms with Crippen LogP contribution >= 0.6 is 0 Å². The summed E-state index contributed by atoms with van der Waals surface area (Å²) in [5, 5.41) is 3.69. The second-order valence-corrected chi connectivity index (χ2v) is 5.84. The molecule has 2 rings (SSSR count). The molecule has 19 heavy (non-hydrogen) atoms. The van der Waals surface area contributed by atoms with Gasteiger partial charge >= 0.3 is 0 Å². The molecule has 1 aromatic rings. The maximum atomic E-state index is 5.60. The van der Waals surface area contributed by atoms with Crippen molar-refractivity contribution in [2.75, 3.05) is 6.61 Å². The van der Waals surface area contributed by atoms with Gasteiger partial charge in [-0.05, 0) is 42.9 Å². The Balaban J connectivity index is 1.76. The average Bonchev–Trinajstić information content (AvgIpc) is 2.44. The summed E-state index contributed by atoms with van der Waals surface area (Å²) in [6.07, 6.45) is 6.51. The first-order valence-corrected chi connectivity index (χ1v) is 7.73. The highest BCUT2D eigenvalue weighted by Crippen LogP contribution is 2.23. The third-order valence-electron chi connectivity index (χ3n) is 3.93. The number of nitrogens with one attached hydrogen (secondary N) is 1. The largest absolute Gasteiger partial charge is 0.494 e. The third-order valence-corrected chi connectivity index (χ3v) is 3.93. The summed E-state index contributed by atoms with van der Waals surface area (Å²) >= 11 is 0. The van der Waals surface area contributed by atoms with Crippen molar-refractivity contribution < 1.29 is 4.74 Å². The minimum Gasteiger partial charge on any atom is -0.494 e. The molecule has 1 aliphatic carbocycles. The maximum absolute atomic E-state index is 5.60. The fraction of sp³-hybridized carbons (Fsp3) is 0.647. The standard InChI is InChI=1S/C17H27NO/c1-3-11-19-17-9-7-15(8-10-17)13-18-16-6-4-5-14(2)12-16/h7-10,14,16,18H,3-6,11-13H2,1-2H3. The smallest absolute Gasteiger partial charge is 0.119 e. The van der Waals surface area contributed by atoms with E-state index in [2.05, 4.69) is 43.4 Å². The minimum absolute atomic E-state index is 0.708. The van der Waals surface area contributed by atoms with Gasteiger partial charge in [0.1, 0.15) is 5.75 Å². The van der Waals surface area contributed by atoms with E-state index in [1.165, 1.54) is 31.2 Å². The van der Waals surface area contributed by atoms with Gasteiger partial charge in [0.2, 0.25) is 0 Å². The van der Waals surface area contributed by atoms with Crippen LogP contribution in [0.1, 0.15) is 51.5 Å². The fourth-order valence-electron chi connectivity index (χ4n) is 2.81. The van der Waals surface area contributed by atoms with Gasteiger partial charge in [0.15, 0.2) is 0 Å². The molecule has 0 bridgehead atoms. The van der Waals surface area contributed by atoms with Crippen LogP contribution in [0, 0.1) is 5.92 Å². The highest BCUT2D eigenvalue weighted by Gasteiger charge is 2.17. The zero-order chi connectivity index (χ0) is 13.5. The van der Waals surface area contributed by atoms with Crippen molar-refractivity contribution in [3.63, 3.8) is 0 Å². The molecule has 0 radical (unpaired) electrons. The predicted molar refractivity (Wildman–Crippen MR) is 80.5 cm³/mol. The Morgan fingerprint density at radius 3 is 2.68 bits per heavy atom. The van der Waals surface area contributed by atoms with Gasteiger partial charge in [0.25, 0.3) is 0 Å². The average molecular weight is 261 g/mol. The van der Waals surface area contributed by atoms with E-state index in [4.69, 9.17) is 4.74 Å². The lowest BCUT2D eigenvalue weighted by Crippen LogP contribution is -2.33. The summed E-state index contributed by atoms with van der Waals surface area (Å²) < 4.78 is 5.60. The van der Waals surface area contributed by atoms with Crippen LogP contribution in [0.15, 0.2) is 24.3 Å². The Hall–Kier alpha value is -1.02. The van der Waals surface area contributed by atoms with Crippen LogP contribution in [0.2, 0.25) is 0 Å². The van der Waals surface area contributed by atoms with Crippen LogP contribution in [0.3, 0.4) is 0 Å². The first kappa shape index (κ1) is 14.4. The summed E-state index contributed by atoms with van der Waals surface area (Å²) in [5.74, 6) is 1.87. The van der Waals surface area contributed by atoms with E-state index < -0.39 is 0 Å². The third kappa shape index (κ3) is 4.87. The highest BCUT2D eigenvalue weighted by atomic mass is 16.5. The van der Waals surface area contributed by atoms with Gasteiger partial charge in [0.05, 0.1) is 6.61 Å². The van der Waals surface area contributed by atoms with Crippen LogP contribution in [0.25, 0.3) is 0 Å². The fourth-order valence-corrected chi connectivity index (χ4v) is 2.81. The maximum Gasteiger partial charge on any atom is 0.119 e. The zero-order valence-corrected chi connectivity index (χ0v) is 12.3. The molecule has 1 saturated carbocycles. The van der Waals surface area contributed by atoms with Crippen molar-refractivity contribution in [3.05, 3.63) is 29.8 Å². The molecule has 2 heteroatoms. The lowest BCUT2D eigenvalue weighted by atomic mass is 9.87. The molecule has 1 aliphatic rings. The van der Waals surface area contributed by atoms with E-state index >= 15 is 0 Å². The zero-order valence-electron chi connectivity index (χ0n) is 12.3. The molecule has 2 nitrogen and oxygen atoms in total. The minimum atomic E-state index is 0.708. The summed E-state index contributed by atoms with van der Waals surface area (Å²) in [6, 6.07) is 9.21. The van der Waals surface area contributed by atoms with Gasteiger partial charge in [-0.25, -0.2) is 0 Å². The second-order valence-electron chi connectivity index (χ2n) is 5.84. The molecule has 0 amide bonds. The van der Waals surface area contributed by atoms with E-state index in [0.717, 1.165) is 31.2 Å². The highest BCUT2D eigenvalue weighted by molar-refractivity contribution is 5.27. The first-order valence-electron chi connectivity index (χ1n) is 7.73. The molecule has 0 spiro atoms. The number of ether oxygens (including phenoxy) is 1. The summed E-state index contributed by atoms with van der Waals surface area (Å²) in [4.78, 5) is 0. The Kier molecular flexibility index (Phi) is 5.71. The Labute approximate surface area is 117 Å². The molecular weight excluding hydrogens is 234 g/mol. The second kappa shape index (κ2) is 7.54. The molecule has 2 unspecified atom stereocenters. The molecule has 0 aliphatic heterocycles. The summed E-state index contributed by atoms with van der Waals surface area (Å²) in [7, 11) is 0. The van der Waals surface area contributed by atoms with Gasteiger partial charge in [0, 0.05) is 12.6 Å². The van der Waals surface area contributed by atoms with Gasteiger partial charge < -0.3 is 10.1 Å². The van der Waals surface area contributed by atoms with Crippen LogP contribution in [-0.2, 0) is 6.54 Å². The van der Waals surface area contributed by atoms with Crippen molar-refractivity contribution in [1.29, 1.82) is 0 Å². The summed E-state index contributed by atoms with van der Waals surface area (Å²) in [5.41, 5.74) is 1.35. The van der Waals surface area contributed by atoms with Crippen LogP contribution in [-0.4, -0.2) is 12.6 Å². The Bertz CT molecular complexity index is 360. The lowest BCUT2D eigenvalue weighted by molar-refractivity contribution is 0.300. The topological polar surface area (TPSA) is 21.3 Å². The normalized spacial score (nSPS) is 23.3. The first-order chi connectivity index (χ1) is 9.28. The van der Waals surface area contributed by atoms with E-state index in [-0.39, 0.29) is 0 Å². The Morgan fingerprint density at radius 1 is 1.21 bits per heavy atom. The van der Waals surface area contributed by atoms with Gasteiger partial charge in [-0.2, -0.15) is 0 Å². The van der Waals surface area contributed by atoms with Gasteiger partial charge in [-0.15, -0.1) is 0 Å². The lowest BCUT2D eigenvalue weighted by Gasteiger charge is -2.27. The molecule has 1 N–H and O–H groups in total. The number of hydrogen-bond donors (Lipinski definition) is 1. The molecule has 2 atom stereocenters. The quantitative estimate of drug-likeness (QED) is 0.831. The van der Waals surface area contributed by atoms with Crippen molar-refractivity contribution in [2.24, 2.45) is 5.92 Å². The van der Waals surface area contributed by atoms with Crippen molar-refractivity contribution in [3.8, 4) is 5.75 Å². The Morgan fingerprint density at radius 2 is 2.00 bits per heavy atom. The number of rotatable bonds is 6. The molecule has 0 heterocycles. The van der Waals surface area contributed by atoms with E-state index in [1.807, 2.05) is 0 Å². The van der Waals surface area contributed by atoms with Gasteiger partial charge in [-0.1, -0.05) is 38.8 Å². The van der Waals surface area contributed by atoms with Crippen LogP contribution in [0.4, 0.5) is 0 Å². The van der Waals surface area contributed by atoms with Crippen molar-refractivity contribution >= 4 is 0 Å². The monoisotopic (exact) mass is 261 g/mol.